The Morgan fingerprint density at radius 3 is 2.53 bits per heavy atom. The van der Waals surface area contributed by atoms with Crippen molar-refractivity contribution in [3.63, 3.8) is 0 Å². The van der Waals surface area contributed by atoms with Crippen molar-refractivity contribution in [2.24, 2.45) is 5.92 Å². The number of aromatic nitrogens is 1. The third kappa shape index (κ3) is 5.59. The van der Waals surface area contributed by atoms with Crippen LogP contribution in [0.25, 0.3) is 0 Å². The average molecular weight is 259 g/mol. The second kappa shape index (κ2) is 8.90. The molecule has 0 fully saturated rings. The molecule has 1 aromatic heterocycles. The normalized spacial score (nSPS) is 14.1. The van der Waals surface area contributed by atoms with Crippen LogP contribution in [0.3, 0.4) is 0 Å². The lowest BCUT2D eigenvalue weighted by Gasteiger charge is -2.18. The smallest absolute Gasteiger partial charge is 0.0434 e. The van der Waals surface area contributed by atoms with E-state index in [2.05, 4.69) is 44.5 Å². The van der Waals surface area contributed by atoms with Crippen LogP contribution in [0.4, 0.5) is 0 Å². The van der Waals surface area contributed by atoms with Crippen LogP contribution in [-0.4, -0.2) is 4.98 Å². The van der Waals surface area contributed by atoms with E-state index in [0.717, 1.165) is 0 Å². The Labute approximate surface area is 119 Å². The molecule has 1 heterocycles. The largest absolute Gasteiger partial charge is 0.261 e. The number of pyridine rings is 1. The van der Waals surface area contributed by atoms with Crippen LogP contribution >= 0.6 is 0 Å². The lowest BCUT2D eigenvalue weighted by molar-refractivity contribution is 0.456. The highest BCUT2D eigenvalue weighted by molar-refractivity contribution is 5.09. The summed E-state index contributed by atoms with van der Waals surface area (Å²) in [7, 11) is 0. The van der Waals surface area contributed by atoms with Crippen LogP contribution in [0.1, 0.15) is 70.9 Å². The number of allylic oxidation sites excluding steroid dienone is 1. The summed E-state index contributed by atoms with van der Waals surface area (Å²) >= 11 is 0. The number of hydrogen-bond acceptors (Lipinski definition) is 1. The van der Waals surface area contributed by atoms with Gasteiger partial charge in [-0.05, 0) is 50.7 Å². The van der Waals surface area contributed by atoms with E-state index in [9.17, 15) is 0 Å². The second-order valence-corrected chi connectivity index (χ2v) is 5.62. The average Bonchev–Trinajstić information content (AvgIpc) is 2.43. The topological polar surface area (TPSA) is 12.9 Å². The fourth-order valence-corrected chi connectivity index (χ4v) is 2.77. The molecule has 0 aromatic carbocycles. The lowest BCUT2D eigenvalue weighted by Crippen LogP contribution is -2.04. The summed E-state index contributed by atoms with van der Waals surface area (Å²) in [5.41, 5.74) is 2.61. The van der Waals surface area contributed by atoms with Crippen LogP contribution < -0.4 is 0 Å². The molecule has 0 aliphatic carbocycles. The van der Waals surface area contributed by atoms with Gasteiger partial charge in [-0.25, -0.2) is 0 Å². The molecule has 0 saturated carbocycles. The van der Waals surface area contributed by atoms with Crippen LogP contribution in [-0.2, 0) is 0 Å². The highest BCUT2D eigenvalue weighted by atomic mass is 14.7. The Balaban J connectivity index is 2.43. The molecule has 1 rings (SSSR count). The Morgan fingerprint density at radius 2 is 2.00 bits per heavy atom. The van der Waals surface area contributed by atoms with Gasteiger partial charge in [-0.15, -0.1) is 0 Å². The van der Waals surface area contributed by atoms with Crippen molar-refractivity contribution in [2.75, 3.05) is 0 Å². The molecule has 0 spiro atoms. The summed E-state index contributed by atoms with van der Waals surface area (Å²) in [5, 5.41) is 0. The Morgan fingerprint density at radius 1 is 1.21 bits per heavy atom. The SMILES string of the molecule is C=C(C)[C@@H](CCC)CCC[C@H](CC)c1ccccn1. The van der Waals surface area contributed by atoms with Gasteiger partial charge < -0.3 is 0 Å². The summed E-state index contributed by atoms with van der Waals surface area (Å²) < 4.78 is 0. The Bertz CT molecular complexity index is 355. The minimum atomic E-state index is 0.619. The molecule has 1 aromatic rings. The van der Waals surface area contributed by atoms with Crippen molar-refractivity contribution >= 4 is 0 Å². The van der Waals surface area contributed by atoms with E-state index in [1.165, 1.54) is 49.8 Å². The van der Waals surface area contributed by atoms with Gasteiger partial charge in [0.25, 0.3) is 0 Å². The van der Waals surface area contributed by atoms with Crippen molar-refractivity contribution in [1.82, 2.24) is 4.98 Å². The monoisotopic (exact) mass is 259 g/mol. The molecular formula is C18H29N. The van der Waals surface area contributed by atoms with Gasteiger partial charge in [0, 0.05) is 17.8 Å². The minimum Gasteiger partial charge on any atom is -0.261 e. The summed E-state index contributed by atoms with van der Waals surface area (Å²) in [6, 6.07) is 6.25. The zero-order valence-electron chi connectivity index (χ0n) is 12.9. The number of hydrogen-bond donors (Lipinski definition) is 0. The van der Waals surface area contributed by atoms with Gasteiger partial charge in [0.15, 0.2) is 0 Å². The molecule has 2 atom stereocenters. The van der Waals surface area contributed by atoms with Gasteiger partial charge in [0.2, 0.25) is 0 Å². The summed E-state index contributed by atoms with van der Waals surface area (Å²) in [6.45, 7) is 10.8. The van der Waals surface area contributed by atoms with Gasteiger partial charge in [-0.3, -0.25) is 4.98 Å². The van der Waals surface area contributed by atoms with Gasteiger partial charge in [-0.1, -0.05) is 44.9 Å². The fraction of sp³-hybridized carbons (Fsp3) is 0.611. The van der Waals surface area contributed by atoms with E-state index in [0.29, 0.717) is 11.8 Å². The van der Waals surface area contributed by atoms with Crippen LogP contribution in [0.5, 0.6) is 0 Å². The summed E-state index contributed by atoms with van der Waals surface area (Å²) in [5.74, 6) is 1.33. The maximum Gasteiger partial charge on any atom is 0.0434 e. The summed E-state index contributed by atoms with van der Waals surface area (Å²) in [6.07, 6.45) is 9.46. The van der Waals surface area contributed by atoms with Gasteiger partial charge in [-0.2, -0.15) is 0 Å². The van der Waals surface area contributed by atoms with E-state index in [4.69, 9.17) is 0 Å². The highest BCUT2D eigenvalue weighted by Gasteiger charge is 2.13. The van der Waals surface area contributed by atoms with Gasteiger partial charge in [0.1, 0.15) is 0 Å². The molecule has 19 heavy (non-hydrogen) atoms. The standard InChI is InChI=1S/C18H29N/c1-5-10-17(15(3)4)12-9-11-16(6-2)18-13-7-8-14-19-18/h7-8,13-14,16-17H,3,5-6,9-12H2,1-2,4H3/t16-,17-/m0/s1. The van der Waals surface area contributed by atoms with Crippen LogP contribution in [0.2, 0.25) is 0 Å². The third-order valence-electron chi connectivity index (χ3n) is 4.04. The van der Waals surface area contributed by atoms with Crippen molar-refractivity contribution in [2.45, 2.75) is 65.2 Å². The molecule has 0 unspecified atom stereocenters. The molecule has 0 saturated heterocycles. The predicted molar refractivity (Wildman–Crippen MR) is 84.3 cm³/mol. The predicted octanol–water partition coefficient (Wildman–Crippen LogP) is 5.74. The molecule has 106 valence electrons. The van der Waals surface area contributed by atoms with E-state index in [-0.39, 0.29) is 0 Å². The van der Waals surface area contributed by atoms with Gasteiger partial charge in [0.05, 0.1) is 0 Å². The molecule has 0 amide bonds. The Kier molecular flexibility index (Phi) is 7.47. The van der Waals surface area contributed by atoms with Crippen molar-refractivity contribution in [3.05, 3.63) is 42.2 Å². The Hall–Kier alpha value is -1.11. The van der Waals surface area contributed by atoms with Crippen molar-refractivity contribution < 1.29 is 0 Å². The van der Waals surface area contributed by atoms with E-state index >= 15 is 0 Å². The molecule has 1 heteroatoms. The quantitative estimate of drug-likeness (QED) is 0.515. The van der Waals surface area contributed by atoms with Crippen LogP contribution in [0, 0.1) is 5.92 Å². The third-order valence-corrected chi connectivity index (χ3v) is 4.04. The van der Waals surface area contributed by atoms with Gasteiger partial charge >= 0.3 is 0 Å². The molecule has 0 bridgehead atoms. The van der Waals surface area contributed by atoms with E-state index in [1.54, 1.807) is 0 Å². The van der Waals surface area contributed by atoms with E-state index < -0.39 is 0 Å². The molecule has 0 N–H and O–H groups in total. The highest BCUT2D eigenvalue weighted by Crippen LogP contribution is 2.27. The molecule has 0 aliphatic heterocycles. The van der Waals surface area contributed by atoms with Crippen LogP contribution in [0.15, 0.2) is 36.5 Å². The van der Waals surface area contributed by atoms with E-state index in [1.807, 2.05) is 12.3 Å². The molecule has 0 aliphatic rings. The molecule has 1 nitrogen and oxygen atoms in total. The lowest BCUT2D eigenvalue weighted by atomic mass is 9.88. The molecule has 0 radical (unpaired) electrons. The van der Waals surface area contributed by atoms with Crippen molar-refractivity contribution in [1.29, 1.82) is 0 Å². The minimum absolute atomic E-state index is 0.619. The number of nitrogens with zero attached hydrogens (tertiary/aromatic N) is 1. The fourth-order valence-electron chi connectivity index (χ4n) is 2.77. The maximum atomic E-state index is 4.50. The first-order valence-electron chi connectivity index (χ1n) is 7.75. The maximum absolute atomic E-state index is 4.50. The zero-order valence-corrected chi connectivity index (χ0v) is 12.9. The first-order valence-corrected chi connectivity index (χ1v) is 7.75. The zero-order chi connectivity index (χ0) is 14.1. The molecular weight excluding hydrogens is 230 g/mol. The second-order valence-electron chi connectivity index (χ2n) is 5.62. The number of rotatable bonds is 9. The van der Waals surface area contributed by atoms with Crippen molar-refractivity contribution in [3.8, 4) is 0 Å². The first-order chi connectivity index (χ1) is 9.19. The first kappa shape index (κ1) is 15.9. The summed E-state index contributed by atoms with van der Waals surface area (Å²) in [4.78, 5) is 4.50.